The molecule has 150 valence electrons. The summed E-state index contributed by atoms with van der Waals surface area (Å²) >= 11 is 0. The fourth-order valence-corrected chi connectivity index (χ4v) is 3.06. The Morgan fingerprint density at radius 1 is 1.22 bits per heavy atom. The second kappa shape index (κ2) is 8.86. The van der Waals surface area contributed by atoms with E-state index in [0.717, 1.165) is 19.3 Å². The molecule has 5 nitrogen and oxygen atoms in total. The summed E-state index contributed by atoms with van der Waals surface area (Å²) in [6.45, 7) is -0.737. The van der Waals surface area contributed by atoms with E-state index < -0.39 is 36.4 Å². The maximum absolute atomic E-state index is 12.2. The van der Waals surface area contributed by atoms with E-state index in [0.29, 0.717) is 24.0 Å². The van der Waals surface area contributed by atoms with Crippen molar-refractivity contribution in [3.05, 3.63) is 41.5 Å². The first-order valence-electron chi connectivity index (χ1n) is 8.83. The van der Waals surface area contributed by atoms with Crippen molar-refractivity contribution in [2.24, 2.45) is 0 Å². The zero-order valence-electron chi connectivity index (χ0n) is 14.7. The molecule has 4 N–H and O–H groups in total. The van der Waals surface area contributed by atoms with Crippen LogP contribution in [-0.4, -0.2) is 45.7 Å². The first kappa shape index (κ1) is 21.4. The number of alkyl halides is 3. The highest BCUT2D eigenvalue weighted by Crippen LogP contribution is 2.30. The number of benzene rings is 1. The fourth-order valence-electron chi connectivity index (χ4n) is 3.06. The van der Waals surface area contributed by atoms with Gasteiger partial charge in [0, 0.05) is 6.54 Å². The van der Waals surface area contributed by atoms with Gasteiger partial charge in [0.05, 0.1) is 5.60 Å². The summed E-state index contributed by atoms with van der Waals surface area (Å²) in [5, 5.41) is 32.0. The molecule has 2 rings (SSSR count). The van der Waals surface area contributed by atoms with Gasteiger partial charge >= 0.3 is 12.1 Å². The Kier molecular flexibility index (Phi) is 7.02. The normalized spacial score (nSPS) is 19.6. The molecule has 0 heterocycles. The molecule has 1 amide bonds. The molecular weight excluding hydrogens is 363 g/mol. The van der Waals surface area contributed by atoms with E-state index in [-0.39, 0.29) is 0 Å². The highest BCUT2D eigenvalue weighted by Gasteiger charge is 2.38. The Balaban J connectivity index is 1.99. The van der Waals surface area contributed by atoms with E-state index in [2.05, 4.69) is 0 Å². The quantitative estimate of drug-likeness (QED) is 0.604. The van der Waals surface area contributed by atoms with Crippen LogP contribution in [0.25, 0.3) is 6.08 Å². The zero-order valence-corrected chi connectivity index (χ0v) is 14.7. The fraction of sp³-hybridized carbons (Fsp3) is 0.526. The molecule has 0 saturated heterocycles. The smallest absolute Gasteiger partial charge is 0.388 e. The topological polar surface area (TPSA) is 89.8 Å². The molecule has 0 unspecified atom stereocenters. The van der Waals surface area contributed by atoms with Gasteiger partial charge in [0.15, 0.2) is 0 Å². The molecule has 1 aromatic rings. The summed E-state index contributed by atoms with van der Waals surface area (Å²) in [5.41, 5.74) is 0.118. The molecule has 0 aromatic heterocycles. The number of aliphatic hydroxyl groups excluding tert-OH is 2. The van der Waals surface area contributed by atoms with Crippen LogP contribution in [0.15, 0.2) is 30.3 Å². The van der Waals surface area contributed by atoms with Gasteiger partial charge in [-0.3, -0.25) is 4.79 Å². The summed E-state index contributed by atoms with van der Waals surface area (Å²) in [7, 11) is 0. The minimum Gasteiger partial charge on any atom is -0.388 e. The minimum absolute atomic E-state index is 0.293. The Labute approximate surface area is 155 Å². The Hall–Kier alpha value is -1.90. The number of rotatable bonds is 6. The third-order valence-corrected chi connectivity index (χ3v) is 4.65. The molecule has 0 spiro atoms. The van der Waals surface area contributed by atoms with E-state index >= 15 is 0 Å². The van der Waals surface area contributed by atoms with Gasteiger partial charge in [0.25, 0.3) is 0 Å². The summed E-state index contributed by atoms with van der Waals surface area (Å²) in [6, 6.07) is 6.47. The molecule has 1 aromatic carbocycles. The van der Waals surface area contributed by atoms with Gasteiger partial charge in [-0.1, -0.05) is 49.6 Å². The zero-order chi connectivity index (χ0) is 20.1. The Morgan fingerprint density at radius 3 is 2.52 bits per heavy atom. The average Bonchev–Trinajstić information content (AvgIpc) is 2.63. The number of carbonyl (C=O) groups excluding carboxylic acids is 1. The van der Waals surface area contributed by atoms with Crippen molar-refractivity contribution in [3.8, 4) is 0 Å². The van der Waals surface area contributed by atoms with E-state index in [1.165, 1.54) is 11.4 Å². The first-order chi connectivity index (χ1) is 12.6. The van der Waals surface area contributed by atoms with Crippen molar-refractivity contribution < 1.29 is 33.3 Å². The van der Waals surface area contributed by atoms with Crippen molar-refractivity contribution in [3.63, 3.8) is 0 Å². The monoisotopic (exact) mass is 387 g/mol. The Bertz CT molecular complexity index is 669. The largest absolute Gasteiger partial charge is 0.471 e. The van der Waals surface area contributed by atoms with Gasteiger partial charge in [0.2, 0.25) is 0 Å². The number of nitrogens with one attached hydrogen (secondary N) is 1. The van der Waals surface area contributed by atoms with E-state index in [9.17, 15) is 33.3 Å². The molecule has 1 aliphatic carbocycles. The minimum atomic E-state index is -5.05. The molecule has 1 saturated carbocycles. The summed E-state index contributed by atoms with van der Waals surface area (Å²) in [4.78, 5) is 10.8. The lowest BCUT2D eigenvalue weighted by molar-refractivity contribution is -0.174. The number of hydrogen-bond donors (Lipinski definition) is 4. The summed E-state index contributed by atoms with van der Waals surface area (Å²) < 4.78 is 36.5. The lowest BCUT2D eigenvalue weighted by atomic mass is 9.84. The predicted octanol–water partition coefficient (Wildman–Crippen LogP) is 2.47. The van der Waals surface area contributed by atoms with Gasteiger partial charge in [-0.2, -0.15) is 13.2 Å². The van der Waals surface area contributed by atoms with Crippen LogP contribution in [0.4, 0.5) is 13.2 Å². The highest BCUT2D eigenvalue weighted by atomic mass is 19.4. The second-order valence-electron chi connectivity index (χ2n) is 6.89. The summed E-state index contributed by atoms with van der Waals surface area (Å²) in [6.07, 6.45) is -0.299. The molecule has 1 aliphatic rings. The lowest BCUT2D eigenvalue weighted by Crippen LogP contribution is -2.42. The standard InChI is InChI=1S/C19H24F3NO4/c20-19(21,22)17(26)23-12-15(24)16(25)14-6-4-5-13(11-14)7-10-18(27)8-2-1-3-9-18/h4-7,10-11,15-16,24-25,27H,1-3,8-9,12H2,(H,23,26)/t15-,16-/m1/s1. The SMILES string of the molecule is O=C(NC[C@@H](O)[C@H](O)c1cccc(C=CC2(O)CCCCC2)c1)C(F)(F)F. The molecule has 27 heavy (non-hydrogen) atoms. The maximum atomic E-state index is 12.2. The highest BCUT2D eigenvalue weighted by molar-refractivity contribution is 5.81. The molecule has 0 radical (unpaired) electrons. The Morgan fingerprint density at radius 2 is 1.89 bits per heavy atom. The third kappa shape index (κ3) is 6.34. The predicted molar refractivity (Wildman–Crippen MR) is 93.5 cm³/mol. The molecule has 0 bridgehead atoms. The van der Waals surface area contributed by atoms with Crippen LogP contribution in [0.2, 0.25) is 0 Å². The van der Waals surface area contributed by atoms with Gasteiger partial charge < -0.3 is 20.6 Å². The van der Waals surface area contributed by atoms with E-state index in [1.54, 1.807) is 30.4 Å². The van der Waals surface area contributed by atoms with Crippen LogP contribution < -0.4 is 5.32 Å². The van der Waals surface area contributed by atoms with Gasteiger partial charge in [0.1, 0.15) is 12.2 Å². The van der Waals surface area contributed by atoms with Crippen molar-refractivity contribution in [2.75, 3.05) is 6.54 Å². The van der Waals surface area contributed by atoms with Crippen molar-refractivity contribution in [1.29, 1.82) is 0 Å². The number of halogens is 3. The lowest BCUT2D eigenvalue weighted by Gasteiger charge is -2.28. The molecule has 8 heteroatoms. The van der Waals surface area contributed by atoms with Crippen LogP contribution in [-0.2, 0) is 4.79 Å². The molecular formula is C19H24F3NO4. The number of aliphatic hydroxyl groups is 3. The van der Waals surface area contributed by atoms with Crippen molar-refractivity contribution in [1.82, 2.24) is 5.32 Å². The van der Waals surface area contributed by atoms with E-state index in [1.807, 2.05) is 0 Å². The molecule has 1 fully saturated rings. The first-order valence-corrected chi connectivity index (χ1v) is 8.83. The van der Waals surface area contributed by atoms with Crippen LogP contribution in [0.1, 0.15) is 49.3 Å². The van der Waals surface area contributed by atoms with Gasteiger partial charge in [-0.05, 0) is 30.0 Å². The molecule has 2 atom stereocenters. The second-order valence-corrected chi connectivity index (χ2v) is 6.89. The van der Waals surface area contributed by atoms with Crippen LogP contribution in [0.3, 0.4) is 0 Å². The maximum Gasteiger partial charge on any atom is 0.471 e. The van der Waals surface area contributed by atoms with Crippen molar-refractivity contribution >= 4 is 12.0 Å². The average molecular weight is 387 g/mol. The third-order valence-electron chi connectivity index (χ3n) is 4.65. The molecule has 0 aliphatic heterocycles. The van der Waals surface area contributed by atoms with Crippen LogP contribution in [0.5, 0.6) is 0 Å². The number of amides is 1. The summed E-state index contributed by atoms with van der Waals surface area (Å²) in [5.74, 6) is -2.17. The van der Waals surface area contributed by atoms with Crippen LogP contribution >= 0.6 is 0 Å². The van der Waals surface area contributed by atoms with Gasteiger partial charge in [-0.25, -0.2) is 0 Å². The van der Waals surface area contributed by atoms with Crippen LogP contribution in [0, 0.1) is 0 Å². The number of hydrogen-bond acceptors (Lipinski definition) is 4. The van der Waals surface area contributed by atoms with Crippen molar-refractivity contribution in [2.45, 2.75) is 56.1 Å². The van der Waals surface area contributed by atoms with Gasteiger partial charge in [-0.15, -0.1) is 0 Å². The van der Waals surface area contributed by atoms with E-state index in [4.69, 9.17) is 0 Å². The number of carbonyl (C=O) groups is 1.